The van der Waals surface area contributed by atoms with Crippen LogP contribution in [0, 0.1) is 105 Å². The van der Waals surface area contributed by atoms with Crippen LogP contribution in [0.5, 0.6) is 0 Å². The van der Waals surface area contributed by atoms with Gasteiger partial charge in [-0.15, -0.1) is 0 Å². The van der Waals surface area contributed by atoms with E-state index in [9.17, 15) is 0 Å². The molecule has 9 rings (SSSR count). The lowest BCUT2D eigenvalue weighted by molar-refractivity contribution is -0.156. The molecule has 322 valence electrons. The minimum absolute atomic E-state index is 0.432. The van der Waals surface area contributed by atoms with Crippen molar-refractivity contribution in [1.29, 1.82) is 0 Å². The molecule has 2 heteroatoms. The van der Waals surface area contributed by atoms with E-state index >= 15 is 0 Å². The largest absolute Gasteiger partial charge is 0.490 e. The molecule has 1 saturated heterocycles. The highest BCUT2D eigenvalue weighted by atomic mass is 16.5. The van der Waals surface area contributed by atoms with Crippen LogP contribution in [0.15, 0.2) is 24.0 Å². The summed E-state index contributed by atoms with van der Waals surface area (Å²) in [6, 6.07) is 0.935. The van der Waals surface area contributed by atoms with E-state index in [0.717, 1.165) is 101 Å². The van der Waals surface area contributed by atoms with Crippen LogP contribution < -0.4 is 0 Å². The fraction of sp³-hybridized carbons (Fsp3) is 0.927. The van der Waals surface area contributed by atoms with E-state index < -0.39 is 0 Å². The third-order valence-corrected chi connectivity index (χ3v) is 22.2. The molecular formula is C55H91NO. The van der Waals surface area contributed by atoms with E-state index in [0.29, 0.717) is 22.2 Å². The highest BCUT2D eigenvalue weighted by Crippen LogP contribution is 2.74. The van der Waals surface area contributed by atoms with Crippen molar-refractivity contribution in [2.24, 2.45) is 105 Å². The highest BCUT2D eigenvalue weighted by molar-refractivity contribution is 5.29. The van der Waals surface area contributed by atoms with Crippen molar-refractivity contribution >= 4 is 0 Å². The summed E-state index contributed by atoms with van der Waals surface area (Å²) >= 11 is 0. The van der Waals surface area contributed by atoms with Crippen molar-refractivity contribution in [2.75, 3.05) is 19.7 Å². The summed E-state index contributed by atoms with van der Waals surface area (Å²) in [6.45, 7) is 29.3. The first-order valence-corrected chi connectivity index (χ1v) is 26.0. The lowest BCUT2D eigenvalue weighted by Crippen LogP contribution is -2.57. The number of likely N-dealkylation sites (tertiary alicyclic amines) is 1. The zero-order chi connectivity index (χ0) is 39.9. The van der Waals surface area contributed by atoms with E-state index in [2.05, 4.69) is 72.9 Å². The number of ether oxygens (including phenoxy) is 1. The van der Waals surface area contributed by atoms with Gasteiger partial charge in [-0.2, -0.15) is 0 Å². The molecule has 8 fully saturated rings. The molecule has 0 bridgehead atoms. The number of hydrogen-bond acceptors (Lipinski definition) is 2. The molecule has 18 atom stereocenters. The van der Waals surface area contributed by atoms with Crippen LogP contribution in [-0.4, -0.2) is 30.6 Å². The SMILES string of the molecule is C=C1C=C([C@H]2CC[C@]3(C)C4CCC5C[C@@H](C[C@@H]6C[C@@H](C)[C@@H](C[C@@H]7C[C@@H](C)[C@@H](CC8CCN(C9CCC9)CC(C)C8)[C@@H](C)C7)[C@@H](C)C6)CC[C@]5(C)C4CC[C@]23C)CO1. The Morgan fingerprint density at radius 2 is 1.26 bits per heavy atom. The summed E-state index contributed by atoms with van der Waals surface area (Å²) in [7, 11) is 0. The minimum Gasteiger partial charge on any atom is -0.490 e. The van der Waals surface area contributed by atoms with Crippen molar-refractivity contribution in [3.8, 4) is 0 Å². The molecule has 2 aliphatic heterocycles. The van der Waals surface area contributed by atoms with Crippen molar-refractivity contribution in [1.82, 2.24) is 4.90 Å². The van der Waals surface area contributed by atoms with Gasteiger partial charge in [0, 0.05) is 12.6 Å². The standard InChI is InChI=1S/C55H91NO/c1-35-23-42(18-22-56(33-35)47-11-10-12-47)31-48-38(4)26-44(27-39(48)5)32-49-36(2)24-43(25-37(49)3)29-41-15-19-53(7)46(30-41)13-14-52-51(53)17-21-54(8)50(16-20-55(52,54)9)45-28-40(6)57-34-45/h28,35-39,41-44,46-52H,6,10-27,29-34H2,1-5,7-9H3/t35?,36-,37+,38-,39+,41-,42?,43-,44-,46?,48-,49-,50-,51?,52?,53+,54-,55-/m1/s1. The first-order valence-electron chi connectivity index (χ1n) is 26.0. The number of allylic oxidation sites excluding steroid dienone is 1. The van der Waals surface area contributed by atoms with Gasteiger partial charge in [0.1, 0.15) is 12.4 Å². The average molecular weight is 782 g/mol. The zero-order valence-corrected chi connectivity index (χ0v) is 38.8. The van der Waals surface area contributed by atoms with Crippen molar-refractivity contribution in [2.45, 2.75) is 196 Å². The minimum atomic E-state index is 0.432. The summed E-state index contributed by atoms with van der Waals surface area (Å²) in [5.74, 6) is 15.0. The van der Waals surface area contributed by atoms with E-state index in [-0.39, 0.29) is 0 Å². The Kier molecular flexibility index (Phi) is 11.8. The van der Waals surface area contributed by atoms with E-state index in [1.54, 1.807) is 24.8 Å². The van der Waals surface area contributed by atoms with Gasteiger partial charge in [0.15, 0.2) is 0 Å². The van der Waals surface area contributed by atoms with E-state index in [4.69, 9.17) is 4.74 Å². The van der Waals surface area contributed by atoms with Crippen LogP contribution in [-0.2, 0) is 4.74 Å². The lowest BCUT2D eigenvalue weighted by atomic mass is 9.40. The predicted molar refractivity (Wildman–Crippen MR) is 241 cm³/mol. The van der Waals surface area contributed by atoms with Crippen LogP contribution >= 0.6 is 0 Å². The summed E-state index contributed by atoms with van der Waals surface area (Å²) < 4.78 is 5.90. The van der Waals surface area contributed by atoms with Crippen molar-refractivity contribution in [3.63, 3.8) is 0 Å². The number of fused-ring (bicyclic) bond motifs is 5. The first-order chi connectivity index (χ1) is 27.2. The molecule has 0 spiro atoms. The van der Waals surface area contributed by atoms with Gasteiger partial charge >= 0.3 is 0 Å². The third-order valence-electron chi connectivity index (χ3n) is 22.2. The van der Waals surface area contributed by atoms with Gasteiger partial charge in [0.25, 0.3) is 0 Å². The maximum absolute atomic E-state index is 5.90. The molecule has 2 heterocycles. The Morgan fingerprint density at radius 1 is 0.632 bits per heavy atom. The molecule has 0 N–H and O–H groups in total. The molecule has 7 saturated carbocycles. The Balaban J connectivity index is 0.751. The molecular weight excluding hydrogens is 691 g/mol. The van der Waals surface area contributed by atoms with Crippen LogP contribution in [0.25, 0.3) is 0 Å². The number of rotatable bonds is 8. The molecule has 7 aliphatic carbocycles. The van der Waals surface area contributed by atoms with Crippen molar-refractivity contribution < 1.29 is 4.74 Å². The van der Waals surface area contributed by atoms with Gasteiger partial charge in [0.05, 0.1) is 0 Å². The second-order valence-electron chi connectivity index (χ2n) is 25.3. The molecule has 0 aromatic heterocycles. The van der Waals surface area contributed by atoms with Gasteiger partial charge in [-0.05, 0) is 252 Å². The molecule has 9 aliphatic rings. The van der Waals surface area contributed by atoms with Crippen LogP contribution in [0.1, 0.15) is 190 Å². The lowest BCUT2D eigenvalue weighted by Gasteiger charge is -2.65. The summed E-state index contributed by atoms with van der Waals surface area (Å²) in [4.78, 5) is 2.91. The zero-order valence-electron chi connectivity index (χ0n) is 38.8. The number of nitrogens with zero attached hydrogens (tertiary/aromatic N) is 1. The first kappa shape index (κ1) is 41.6. The second kappa shape index (κ2) is 16.2. The summed E-state index contributed by atoms with van der Waals surface area (Å²) in [6.07, 6.45) is 33.8. The highest BCUT2D eigenvalue weighted by Gasteiger charge is 2.66. The molecule has 0 aromatic rings. The predicted octanol–water partition coefficient (Wildman–Crippen LogP) is 14.8. The Labute approximate surface area is 353 Å². The summed E-state index contributed by atoms with van der Waals surface area (Å²) in [5, 5.41) is 0. The fourth-order valence-corrected chi connectivity index (χ4v) is 18.8. The average Bonchev–Trinajstić information content (AvgIpc) is 3.62. The van der Waals surface area contributed by atoms with Crippen molar-refractivity contribution in [3.05, 3.63) is 24.0 Å². The molecule has 5 unspecified atom stereocenters. The van der Waals surface area contributed by atoms with Crippen LogP contribution in [0.4, 0.5) is 0 Å². The second-order valence-corrected chi connectivity index (χ2v) is 25.3. The van der Waals surface area contributed by atoms with Crippen LogP contribution in [0.3, 0.4) is 0 Å². The maximum Gasteiger partial charge on any atom is 0.112 e. The smallest absolute Gasteiger partial charge is 0.112 e. The van der Waals surface area contributed by atoms with Crippen LogP contribution in [0.2, 0.25) is 0 Å². The van der Waals surface area contributed by atoms with Gasteiger partial charge < -0.3 is 9.64 Å². The quantitative estimate of drug-likeness (QED) is 0.243. The van der Waals surface area contributed by atoms with Gasteiger partial charge in [-0.1, -0.05) is 68.4 Å². The molecule has 0 amide bonds. The molecule has 0 aromatic carbocycles. The summed E-state index contributed by atoms with van der Waals surface area (Å²) in [5.41, 5.74) is 3.07. The maximum atomic E-state index is 5.90. The Hall–Kier alpha value is -0.760. The topological polar surface area (TPSA) is 12.5 Å². The molecule has 2 nitrogen and oxygen atoms in total. The monoisotopic (exact) mass is 782 g/mol. The van der Waals surface area contributed by atoms with E-state index in [1.807, 2.05) is 0 Å². The third kappa shape index (κ3) is 7.63. The molecule has 0 radical (unpaired) electrons. The molecule has 57 heavy (non-hydrogen) atoms. The van der Waals surface area contributed by atoms with Gasteiger partial charge in [-0.3, -0.25) is 0 Å². The Bertz CT molecular complexity index is 1440. The normalized spacial score (nSPS) is 52.2. The van der Waals surface area contributed by atoms with Gasteiger partial charge in [0.2, 0.25) is 0 Å². The fourth-order valence-electron chi connectivity index (χ4n) is 18.8. The van der Waals surface area contributed by atoms with Gasteiger partial charge in [-0.25, -0.2) is 0 Å². The van der Waals surface area contributed by atoms with E-state index in [1.165, 1.54) is 129 Å². The Morgan fingerprint density at radius 3 is 1.89 bits per heavy atom. The number of hydrogen-bond donors (Lipinski definition) is 0.